The maximum absolute atomic E-state index is 13.3. The molecule has 35 heavy (non-hydrogen) atoms. The van der Waals surface area contributed by atoms with Gasteiger partial charge in [0.1, 0.15) is 0 Å². The Morgan fingerprint density at radius 1 is 0.657 bits per heavy atom. The van der Waals surface area contributed by atoms with Gasteiger partial charge in [-0.1, -0.05) is 6.58 Å². The lowest BCUT2D eigenvalue weighted by molar-refractivity contribution is -0.462. The van der Waals surface area contributed by atoms with Crippen molar-refractivity contribution in [1.29, 1.82) is 0 Å². The van der Waals surface area contributed by atoms with Crippen LogP contribution in [-0.2, 0) is 4.79 Å². The Morgan fingerprint density at radius 3 is 1.14 bits per heavy atom. The summed E-state index contributed by atoms with van der Waals surface area (Å²) in [5.74, 6) is -58.0. The number of hydrogen-bond acceptors (Lipinski definition) is 3. The van der Waals surface area contributed by atoms with E-state index in [2.05, 4.69) is 6.58 Å². The number of alkyl halides is 17. The van der Waals surface area contributed by atoms with Gasteiger partial charge in [0.15, 0.2) is 0 Å². The van der Waals surface area contributed by atoms with E-state index in [0.717, 1.165) is 6.08 Å². The number of aliphatic hydroxyl groups excluding tert-OH is 2. The van der Waals surface area contributed by atoms with Gasteiger partial charge in [0, 0.05) is 12.5 Å². The molecule has 0 aliphatic heterocycles. The third kappa shape index (κ3) is 5.85. The number of aliphatic carboxylic acids is 1. The number of carboxylic acid groups (broad SMARTS) is 1. The zero-order valence-corrected chi connectivity index (χ0v) is 16.0. The zero-order chi connectivity index (χ0) is 29.3. The molecule has 0 bridgehead atoms. The van der Waals surface area contributed by atoms with Crippen molar-refractivity contribution >= 4 is 5.97 Å². The summed E-state index contributed by atoms with van der Waals surface area (Å²) < 4.78 is 219. The summed E-state index contributed by atoms with van der Waals surface area (Å²) in [7, 11) is 0. The molecule has 0 aliphatic carbocycles. The summed E-state index contributed by atoms with van der Waals surface area (Å²) in [6.45, 7) is 1.04. The predicted octanol–water partition coefficient (Wildman–Crippen LogP) is 5.00. The topological polar surface area (TPSA) is 77.8 Å². The molecule has 0 aromatic rings. The molecule has 1 atom stereocenters. The molecule has 0 rings (SSSR count). The van der Waals surface area contributed by atoms with Crippen LogP contribution in [0.4, 0.5) is 74.6 Å². The van der Waals surface area contributed by atoms with Crippen molar-refractivity contribution in [1.82, 2.24) is 0 Å². The van der Waals surface area contributed by atoms with Crippen LogP contribution in [-0.4, -0.2) is 81.6 Å². The van der Waals surface area contributed by atoms with Crippen molar-refractivity contribution in [3.05, 3.63) is 12.7 Å². The van der Waals surface area contributed by atoms with Crippen molar-refractivity contribution in [2.45, 2.75) is 60.2 Å². The van der Waals surface area contributed by atoms with Gasteiger partial charge >= 0.3 is 53.6 Å². The van der Waals surface area contributed by atoms with Crippen LogP contribution in [0.3, 0.4) is 0 Å². The molecule has 0 amide bonds. The number of hydrogen-bond donors (Lipinski definition) is 3. The van der Waals surface area contributed by atoms with Crippen LogP contribution in [0.1, 0.15) is 6.42 Å². The lowest BCUT2D eigenvalue weighted by Gasteiger charge is -2.43. The first kappa shape index (κ1) is 35.1. The summed E-state index contributed by atoms with van der Waals surface area (Å²) in [5, 5.41) is 24.3. The second-order valence-corrected chi connectivity index (χ2v) is 6.23. The number of aliphatic hydroxyl groups is 2. The molecule has 0 fully saturated rings. The second kappa shape index (κ2) is 10.1. The van der Waals surface area contributed by atoms with Crippen LogP contribution in [0, 0.1) is 0 Å². The van der Waals surface area contributed by atoms with Gasteiger partial charge in [0.2, 0.25) is 0 Å². The molecule has 0 aliphatic rings. The molecule has 0 aromatic carbocycles. The van der Waals surface area contributed by atoms with Crippen molar-refractivity contribution in [3.63, 3.8) is 0 Å². The lowest BCUT2D eigenvalue weighted by atomic mass is 9.88. The van der Waals surface area contributed by atoms with Gasteiger partial charge in [-0.15, -0.1) is 0 Å². The van der Waals surface area contributed by atoms with Crippen LogP contribution >= 0.6 is 0 Å². The Bertz CT molecular complexity index is 744. The van der Waals surface area contributed by atoms with E-state index in [-0.39, 0.29) is 0 Å². The van der Waals surface area contributed by atoms with Gasteiger partial charge in [-0.25, -0.2) is 4.79 Å². The molecule has 3 N–H and O–H groups in total. The van der Waals surface area contributed by atoms with Crippen molar-refractivity contribution in [3.8, 4) is 0 Å². The molecule has 1 unspecified atom stereocenters. The number of rotatable bonds is 10. The largest absolute Gasteiger partial charge is 0.478 e. The Hall–Kier alpha value is -2.06. The van der Waals surface area contributed by atoms with Gasteiger partial charge in [-0.3, -0.25) is 0 Å². The fourth-order valence-electron chi connectivity index (χ4n) is 1.69. The maximum atomic E-state index is 13.3. The molecule has 21 heteroatoms. The normalized spacial score (nSPS) is 15.7. The third-order valence-electron chi connectivity index (χ3n) is 3.66. The molecule has 0 saturated heterocycles. The van der Waals surface area contributed by atoms with E-state index in [4.69, 9.17) is 15.3 Å². The monoisotopic (exact) mass is 566 g/mol. The minimum atomic E-state index is -8.68. The van der Waals surface area contributed by atoms with Gasteiger partial charge < -0.3 is 15.3 Å². The molecule has 0 heterocycles. The molecule has 210 valence electrons. The fourth-order valence-corrected chi connectivity index (χ4v) is 1.69. The summed E-state index contributed by atoms with van der Waals surface area (Å²) >= 11 is 0. The molecular formula is C14H11F17O4. The summed E-state index contributed by atoms with van der Waals surface area (Å²) in [5.41, 5.74) is 0. The van der Waals surface area contributed by atoms with Crippen LogP contribution in [0.2, 0.25) is 0 Å². The zero-order valence-electron chi connectivity index (χ0n) is 16.0. The van der Waals surface area contributed by atoms with Crippen LogP contribution < -0.4 is 0 Å². The van der Waals surface area contributed by atoms with Crippen LogP contribution in [0.25, 0.3) is 0 Å². The molecule has 0 saturated carbocycles. The Morgan fingerprint density at radius 2 is 0.914 bits per heavy atom. The fraction of sp³-hybridized carbons (Fsp3) is 0.786. The summed E-state index contributed by atoms with van der Waals surface area (Å²) in [6.07, 6.45) is -13.1. The second-order valence-electron chi connectivity index (χ2n) is 6.23. The van der Waals surface area contributed by atoms with E-state index in [9.17, 15) is 79.4 Å². The Balaban J connectivity index is 0. The van der Waals surface area contributed by atoms with E-state index >= 15 is 0 Å². The van der Waals surface area contributed by atoms with Gasteiger partial charge in [-0.2, -0.15) is 74.6 Å². The van der Waals surface area contributed by atoms with Crippen LogP contribution in [0.15, 0.2) is 12.7 Å². The number of halogens is 17. The van der Waals surface area contributed by atoms with E-state index in [0.29, 0.717) is 0 Å². The third-order valence-corrected chi connectivity index (χ3v) is 3.66. The number of carboxylic acids is 1. The van der Waals surface area contributed by atoms with Crippen molar-refractivity contribution in [2.75, 3.05) is 6.61 Å². The predicted molar refractivity (Wildman–Crippen MR) is 76.2 cm³/mol. The van der Waals surface area contributed by atoms with Crippen molar-refractivity contribution in [2.24, 2.45) is 0 Å². The molecule has 0 aromatic heterocycles. The van der Waals surface area contributed by atoms with E-state index in [1.807, 2.05) is 0 Å². The molecule has 0 spiro atoms. The highest BCUT2D eigenvalue weighted by atomic mass is 19.4. The summed E-state index contributed by atoms with van der Waals surface area (Å²) in [4.78, 5) is 9.25. The summed E-state index contributed by atoms with van der Waals surface area (Å²) in [6, 6.07) is 0. The highest BCUT2D eigenvalue weighted by molar-refractivity contribution is 5.78. The van der Waals surface area contributed by atoms with Gasteiger partial charge in [-0.05, 0) is 0 Å². The molecule has 4 nitrogen and oxygen atoms in total. The molecular weight excluding hydrogens is 555 g/mol. The smallest absolute Gasteiger partial charge is 0.460 e. The maximum Gasteiger partial charge on any atom is 0.460 e. The Labute approximate surface area is 181 Å². The first-order chi connectivity index (χ1) is 15.0. The number of carbonyl (C=O) groups is 1. The van der Waals surface area contributed by atoms with E-state index in [1.165, 1.54) is 0 Å². The van der Waals surface area contributed by atoms with Crippen LogP contribution in [0.5, 0.6) is 0 Å². The Kier molecular flexibility index (Phi) is 10.2. The minimum Gasteiger partial charge on any atom is -0.478 e. The van der Waals surface area contributed by atoms with E-state index < -0.39 is 72.7 Å². The molecule has 0 radical (unpaired) electrons. The first-order valence-corrected chi connectivity index (χ1v) is 7.83. The average Bonchev–Trinajstić information content (AvgIpc) is 2.65. The van der Waals surface area contributed by atoms with Gasteiger partial charge in [0.25, 0.3) is 0 Å². The quantitative estimate of drug-likeness (QED) is 0.257. The standard InChI is InChI=1S/C11H7F17O2.C3H4O2/c12-4(13,1-3(30)2-29)5(14,15)6(16,17)7(18,19)8(20,21)9(22,23)10(24,25)11(26,27)28;1-2-3(4)5/h3,29-30H,1-2H2;2H,1H2,(H,4,5). The van der Waals surface area contributed by atoms with E-state index in [1.54, 1.807) is 0 Å². The SMILES string of the molecule is C=CC(=O)O.OCC(O)CC(F)(F)C(F)(F)C(F)(F)C(F)(F)C(F)(F)C(F)(F)C(F)(F)C(F)(F)F. The average molecular weight is 566 g/mol. The van der Waals surface area contributed by atoms with Crippen molar-refractivity contribution < 1.29 is 94.8 Å². The first-order valence-electron chi connectivity index (χ1n) is 7.83. The highest BCUT2D eigenvalue weighted by Gasteiger charge is 2.95. The lowest BCUT2D eigenvalue weighted by Crippen LogP contribution is -2.74. The highest BCUT2D eigenvalue weighted by Crippen LogP contribution is 2.64. The van der Waals surface area contributed by atoms with Gasteiger partial charge in [0.05, 0.1) is 12.7 Å². The minimum absolute atomic E-state index is 0.833.